The van der Waals surface area contributed by atoms with E-state index in [1.165, 1.54) is 18.4 Å². The first-order valence-electron chi connectivity index (χ1n) is 17.5. The van der Waals surface area contributed by atoms with Gasteiger partial charge in [0.25, 0.3) is 0 Å². The van der Waals surface area contributed by atoms with Crippen molar-refractivity contribution in [2.75, 3.05) is 33.3 Å². The van der Waals surface area contributed by atoms with Crippen LogP contribution in [0.5, 0.6) is 0 Å². The standard InChI is InChI=1S/C38H43ClN6O6S/c1-20-17-27-34(30(22-7-9-24(39)10-8-22)29(20)33(36(47)48)51-38(3,4)5)52-35(41-27)26-11-12-28-32(40-26)31(42-45(28)21(2)46)23-13-15-43(16-14-23)25-18-44(19-25)37(49)50-6/h7-12,17,21,23,25,33,46H,13-16,18-19H2,1-6H3,(H,47,48)/t21?,33-/m0/s1. The van der Waals surface area contributed by atoms with E-state index in [0.717, 1.165) is 69.6 Å². The number of pyridine rings is 1. The summed E-state index contributed by atoms with van der Waals surface area (Å²) in [7, 11) is 1.41. The highest BCUT2D eigenvalue weighted by Crippen LogP contribution is 2.45. The van der Waals surface area contributed by atoms with Crippen LogP contribution >= 0.6 is 22.9 Å². The van der Waals surface area contributed by atoms with E-state index in [0.29, 0.717) is 40.4 Å². The zero-order valence-electron chi connectivity index (χ0n) is 30.1. The van der Waals surface area contributed by atoms with Crippen LogP contribution in [0.1, 0.15) is 75.6 Å². The molecule has 52 heavy (non-hydrogen) atoms. The van der Waals surface area contributed by atoms with Crippen molar-refractivity contribution in [2.24, 2.45) is 0 Å². The summed E-state index contributed by atoms with van der Waals surface area (Å²) in [6.45, 7) is 12.2. The van der Waals surface area contributed by atoms with Gasteiger partial charge in [0.15, 0.2) is 6.10 Å². The number of thiazole rings is 1. The first kappa shape index (κ1) is 36.2. The monoisotopic (exact) mass is 746 g/mol. The van der Waals surface area contributed by atoms with E-state index in [2.05, 4.69) is 4.90 Å². The molecule has 3 aromatic heterocycles. The van der Waals surface area contributed by atoms with Crippen molar-refractivity contribution in [3.63, 3.8) is 0 Å². The van der Waals surface area contributed by atoms with Crippen molar-refractivity contribution in [2.45, 2.75) is 77.4 Å². The Morgan fingerprint density at radius 2 is 1.75 bits per heavy atom. The highest BCUT2D eigenvalue weighted by molar-refractivity contribution is 7.22. The van der Waals surface area contributed by atoms with Crippen molar-refractivity contribution in [3.05, 3.63) is 64.3 Å². The molecule has 2 atom stereocenters. The Bertz CT molecular complexity index is 2150. The van der Waals surface area contributed by atoms with E-state index in [1.54, 1.807) is 28.6 Å². The van der Waals surface area contributed by atoms with Crippen molar-refractivity contribution in [3.8, 4) is 21.8 Å². The zero-order valence-corrected chi connectivity index (χ0v) is 31.7. The largest absolute Gasteiger partial charge is 0.479 e. The molecule has 12 nitrogen and oxygen atoms in total. The van der Waals surface area contributed by atoms with Crippen LogP contribution in [-0.4, -0.2) is 96.8 Å². The van der Waals surface area contributed by atoms with Crippen LogP contribution in [0.15, 0.2) is 42.5 Å². The minimum atomic E-state index is -1.22. The van der Waals surface area contributed by atoms with E-state index in [4.69, 9.17) is 36.1 Å². The fourth-order valence-corrected chi connectivity index (χ4v) is 8.59. The first-order valence-corrected chi connectivity index (χ1v) is 18.7. The van der Waals surface area contributed by atoms with Gasteiger partial charge in [0, 0.05) is 41.2 Å². The summed E-state index contributed by atoms with van der Waals surface area (Å²) in [5.74, 6) is -0.931. The number of aryl methyl sites for hydroxylation is 1. The van der Waals surface area contributed by atoms with Gasteiger partial charge in [-0.1, -0.05) is 23.7 Å². The maximum absolute atomic E-state index is 12.8. The molecular formula is C38H43ClN6O6S. The third-order valence-electron chi connectivity index (χ3n) is 9.90. The Kier molecular flexibility index (Phi) is 9.76. The second-order valence-corrected chi connectivity index (χ2v) is 16.1. The van der Waals surface area contributed by atoms with Gasteiger partial charge in [0.1, 0.15) is 16.8 Å². The topological polar surface area (TPSA) is 143 Å². The highest BCUT2D eigenvalue weighted by atomic mass is 35.5. The number of carboxylic acids is 1. The van der Waals surface area contributed by atoms with E-state index < -0.39 is 23.9 Å². The van der Waals surface area contributed by atoms with Crippen molar-refractivity contribution < 1.29 is 29.3 Å². The van der Waals surface area contributed by atoms with Crippen LogP contribution in [0.4, 0.5) is 4.79 Å². The second-order valence-electron chi connectivity index (χ2n) is 14.7. The number of hydrogen-bond donors (Lipinski definition) is 2. The zero-order chi connectivity index (χ0) is 37.1. The van der Waals surface area contributed by atoms with Gasteiger partial charge < -0.3 is 24.6 Å². The van der Waals surface area contributed by atoms with Crippen LogP contribution < -0.4 is 0 Å². The van der Waals surface area contributed by atoms with Gasteiger partial charge in [-0.25, -0.2) is 24.2 Å². The number of likely N-dealkylation sites (tertiary alicyclic amines) is 2. The Balaban J connectivity index is 1.28. The minimum absolute atomic E-state index is 0.145. The van der Waals surface area contributed by atoms with Gasteiger partial charge in [-0.2, -0.15) is 5.10 Å². The summed E-state index contributed by atoms with van der Waals surface area (Å²) in [6.07, 6.45) is -0.589. The average Bonchev–Trinajstić information content (AvgIpc) is 3.68. The number of fused-ring (bicyclic) bond motifs is 2. The first-order chi connectivity index (χ1) is 24.7. The molecular weight excluding hydrogens is 704 g/mol. The Morgan fingerprint density at radius 1 is 1.06 bits per heavy atom. The lowest BCUT2D eigenvalue weighted by molar-refractivity contribution is -0.160. The predicted molar refractivity (Wildman–Crippen MR) is 201 cm³/mol. The summed E-state index contributed by atoms with van der Waals surface area (Å²) in [6, 6.07) is 13.4. The molecule has 1 amide bonds. The molecule has 14 heteroatoms. The maximum atomic E-state index is 12.8. The smallest absolute Gasteiger partial charge is 0.409 e. The summed E-state index contributed by atoms with van der Waals surface area (Å²) in [4.78, 5) is 39.0. The molecule has 0 spiro atoms. The van der Waals surface area contributed by atoms with Crippen LogP contribution in [-0.2, 0) is 14.3 Å². The summed E-state index contributed by atoms with van der Waals surface area (Å²) in [5, 5.41) is 27.3. The number of piperidine rings is 1. The Hall–Kier alpha value is -4.14. The van der Waals surface area contributed by atoms with Gasteiger partial charge in [-0.05, 0) is 102 Å². The molecule has 0 aliphatic carbocycles. The number of aromatic nitrogens is 4. The Morgan fingerprint density at radius 3 is 2.37 bits per heavy atom. The lowest BCUT2D eigenvalue weighted by Gasteiger charge is -2.46. The molecule has 2 fully saturated rings. The second kappa shape index (κ2) is 14.0. The van der Waals surface area contributed by atoms with Crippen molar-refractivity contribution in [1.29, 1.82) is 0 Å². The molecule has 274 valence electrons. The fraction of sp³-hybridized carbons (Fsp3) is 0.447. The van der Waals surface area contributed by atoms with E-state index >= 15 is 0 Å². The number of benzene rings is 2. The Labute approximate surface area is 310 Å². The lowest BCUT2D eigenvalue weighted by atomic mass is 9.91. The summed E-state index contributed by atoms with van der Waals surface area (Å²) < 4.78 is 13.5. The number of aliphatic hydroxyl groups is 1. The number of halogens is 1. The highest BCUT2D eigenvalue weighted by Gasteiger charge is 2.38. The van der Waals surface area contributed by atoms with Crippen molar-refractivity contribution >= 4 is 56.3 Å². The number of methoxy groups -OCH3 is 1. The van der Waals surface area contributed by atoms with Gasteiger partial charge in [-0.3, -0.25) is 4.90 Å². The van der Waals surface area contributed by atoms with Gasteiger partial charge >= 0.3 is 12.1 Å². The third-order valence-corrected chi connectivity index (χ3v) is 11.3. The molecule has 0 bridgehead atoms. The van der Waals surface area contributed by atoms with E-state index in [9.17, 15) is 19.8 Å². The number of hydrogen-bond acceptors (Lipinski definition) is 10. The molecule has 2 aromatic carbocycles. The number of rotatable bonds is 8. The van der Waals surface area contributed by atoms with Gasteiger partial charge in [-0.15, -0.1) is 11.3 Å². The third kappa shape index (κ3) is 6.88. The molecule has 0 saturated carbocycles. The maximum Gasteiger partial charge on any atom is 0.409 e. The number of carbonyl (C=O) groups excluding carboxylic acids is 1. The SMILES string of the molecule is COC(=O)N1CC(N2CCC(c3nn(C(C)O)c4ccc(-c5nc6cc(C)c([C@H](OC(C)(C)C)C(=O)O)c(-c7ccc(Cl)cc7)c6s5)nc34)CC2)C1. The molecule has 0 radical (unpaired) electrons. The van der Waals surface area contributed by atoms with Crippen LogP contribution in [0.2, 0.25) is 5.02 Å². The average molecular weight is 747 g/mol. The quantitative estimate of drug-likeness (QED) is 0.165. The summed E-state index contributed by atoms with van der Waals surface area (Å²) in [5.41, 5.74) is 5.87. The predicted octanol–water partition coefficient (Wildman–Crippen LogP) is 7.42. The van der Waals surface area contributed by atoms with Crippen LogP contribution in [0.25, 0.3) is 43.1 Å². The molecule has 2 N–H and O–H groups in total. The van der Waals surface area contributed by atoms with Crippen LogP contribution in [0, 0.1) is 6.92 Å². The minimum Gasteiger partial charge on any atom is -0.479 e. The number of amides is 1. The number of carboxylic acid groups (broad SMARTS) is 1. The normalized spacial score (nSPS) is 17.4. The van der Waals surface area contributed by atoms with Gasteiger partial charge in [0.2, 0.25) is 0 Å². The lowest BCUT2D eigenvalue weighted by Crippen LogP contribution is -2.62. The number of nitrogens with zero attached hydrogens (tertiary/aromatic N) is 6. The molecule has 2 saturated heterocycles. The number of ether oxygens (including phenoxy) is 2. The molecule has 7 rings (SSSR count). The van der Waals surface area contributed by atoms with E-state index in [1.807, 2.05) is 58.0 Å². The van der Waals surface area contributed by atoms with Gasteiger partial charge in [0.05, 0.1) is 39.8 Å². The van der Waals surface area contributed by atoms with Crippen LogP contribution in [0.3, 0.4) is 0 Å². The number of aliphatic hydroxyl groups excluding tert-OH is 1. The summed E-state index contributed by atoms with van der Waals surface area (Å²) >= 11 is 7.73. The molecule has 2 aliphatic heterocycles. The number of aliphatic carboxylic acids is 1. The molecule has 2 aliphatic rings. The van der Waals surface area contributed by atoms with E-state index in [-0.39, 0.29) is 12.0 Å². The molecule has 5 heterocycles. The number of carbonyl (C=O) groups is 2. The molecule has 5 aromatic rings. The van der Waals surface area contributed by atoms with Crippen molar-refractivity contribution in [1.82, 2.24) is 29.5 Å². The fourth-order valence-electron chi connectivity index (χ4n) is 7.37. The molecule has 1 unspecified atom stereocenters.